The third kappa shape index (κ3) is 3.66. The highest BCUT2D eigenvalue weighted by atomic mass is 32.2. The highest BCUT2D eigenvalue weighted by Crippen LogP contribution is 2.26. The van der Waals surface area contributed by atoms with Crippen LogP contribution in [-0.2, 0) is 16.6 Å². The van der Waals surface area contributed by atoms with Gasteiger partial charge in [-0.3, -0.25) is 0 Å². The van der Waals surface area contributed by atoms with E-state index >= 15 is 0 Å². The summed E-state index contributed by atoms with van der Waals surface area (Å²) in [7, 11) is -2.05. The highest BCUT2D eigenvalue weighted by molar-refractivity contribution is 8.00. The second kappa shape index (κ2) is 6.80. The second-order valence-corrected chi connectivity index (χ2v) is 7.79. The number of hydrogen-bond acceptors (Lipinski definition) is 5. The number of methoxy groups -OCH3 is 1. The van der Waals surface area contributed by atoms with Gasteiger partial charge >= 0.3 is 0 Å². The fourth-order valence-electron chi connectivity index (χ4n) is 2.14. The molecule has 1 atom stereocenters. The van der Waals surface area contributed by atoms with Gasteiger partial charge in [0.2, 0.25) is 10.0 Å². The summed E-state index contributed by atoms with van der Waals surface area (Å²) < 4.78 is 32.1. The van der Waals surface area contributed by atoms with E-state index in [0.29, 0.717) is 23.1 Å². The molecule has 1 unspecified atom stereocenters. The number of aliphatic hydroxyl groups excluding tert-OH is 1. The van der Waals surface area contributed by atoms with Crippen LogP contribution in [-0.4, -0.2) is 38.2 Å². The monoisotopic (exact) mass is 317 g/mol. The molecule has 7 heteroatoms. The van der Waals surface area contributed by atoms with Crippen molar-refractivity contribution in [3.05, 3.63) is 23.8 Å². The van der Waals surface area contributed by atoms with Gasteiger partial charge in [-0.1, -0.05) is 0 Å². The maximum atomic E-state index is 12.2. The Labute approximate surface area is 123 Å². The molecule has 1 aromatic rings. The van der Waals surface area contributed by atoms with Gasteiger partial charge in [-0.15, -0.1) is 0 Å². The van der Waals surface area contributed by atoms with Gasteiger partial charge in [-0.05, 0) is 36.8 Å². The van der Waals surface area contributed by atoms with Crippen molar-refractivity contribution in [3.63, 3.8) is 0 Å². The van der Waals surface area contributed by atoms with E-state index in [-0.39, 0.29) is 11.5 Å². The van der Waals surface area contributed by atoms with Crippen LogP contribution in [0, 0.1) is 0 Å². The van der Waals surface area contributed by atoms with Crippen LogP contribution in [0.4, 0.5) is 0 Å². The summed E-state index contributed by atoms with van der Waals surface area (Å²) in [5.74, 6) is 1.58. The van der Waals surface area contributed by atoms with Gasteiger partial charge in [0, 0.05) is 17.4 Å². The Kier molecular flexibility index (Phi) is 5.31. The smallest absolute Gasteiger partial charge is 0.240 e. The lowest BCUT2D eigenvalue weighted by Gasteiger charge is -2.12. The van der Waals surface area contributed by atoms with E-state index in [9.17, 15) is 13.5 Å². The number of thioether (sulfide) groups is 1. The van der Waals surface area contributed by atoms with Crippen LogP contribution in [0.25, 0.3) is 0 Å². The van der Waals surface area contributed by atoms with Crippen LogP contribution in [0.2, 0.25) is 0 Å². The average Bonchev–Trinajstić information content (AvgIpc) is 2.97. The topological polar surface area (TPSA) is 75.6 Å². The number of hydrogen-bond donors (Lipinski definition) is 2. The molecule has 1 aromatic carbocycles. The molecular formula is C13H19NO4S2. The molecule has 2 rings (SSSR count). The van der Waals surface area contributed by atoms with Crippen LogP contribution >= 0.6 is 11.8 Å². The predicted octanol–water partition coefficient (Wildman–Crippen LogP) is 1.36. The Hall–Kier alpha value is -0.760. The number of benzene rings is 1. The first-order chi connectivity index (χ1) is 9.56. The Morgan fingerprint density at radius 1 is 1.50 bits per heavy atom. The third-order valence-corrected chi connectivity index (χ3v) is 6.08. The van der Waals surface area contributed by atoms with Crippen LogP contribution < -0.4 is 9.46 Å². The lowest BCUT2D eigenvalue weighted by Crippen LogP contribution is -2.29. The number of sulfonamides is 1. The maximum absolute atomic E-state index is 12.2. The molecule has 0 aliphatic carbocycles. The van der Waals surface area contributed by atoms with Crippen LogP contribution in [0.15, 0.2) is 23.1 Å². The van der Waals surface area contributed by atoms with Crippen molar-refractivity contribution < 1.29 is 18.3 Å². The second-order valence-electron chi connectivity index (χ2n) is 4.62. The largest absolute Gasteiger partial charge is 0.496 e. The zero-order valence-electron chi connectivity index (χ0n) is 11.3. The summed E-state index contributed by atoms with van der Waals surface area (Å²) in [4.78, 5) is 0.158. The average molecular weight is 317 g/mol. The van der Waals surface area contributed by atoms with E-state index < -0.39 is 10.0 Å². The summed E-state index contributed by atoms with van der Waals surface area (Å²) in [5, 5.41) is 9.61. The maximum Gasteiger partial charge on any atom is 0.240 e. The Morgan fingerprint density at radius 3 is 2.90 bits per heavy atom. The van der Waals surface area contributed by atoms with E-state index in [2.05, 4.69) is 4.72 Å². The molecule has 1 aliphatic heterocycles. The molecule has 112 valence electrons. The molecule has 0 aromatic heterocycles. The molecule has 0 saturated carbocycles. The van der Waals surface area contributed by atoms with Crippen molar-refractivity contribution in [2.75, 3.05) is 19.4 Å². The standard InChI is InChI=1S/C13H19NO4S2/c1-18-13-5-4-12(7-10(13)9-15)20(16,17)14-8-11-3-2-6-19-11/h4-5,7,11,14-15H,2-3,6,8-9H2,1H3. The number of nitrogens with one attached hydrogen (secondary N) is 1. The summed E-state index contributed by atoms with van der Waals surface area (Å²) in [6.45, 7) is 0.193. The third-order valence-electron chi connectivity index (χ3n) is 3.26. The summed E-state index contributed by atoms with van der Waals surface area (Å²) in [6, 6.07) is 4.50. The van der Waals surface area contributed by atoms with Gasteiger partial charge in [0.05, 0.1) is 18.6 Å². The van der Waals surface area contributed by atoms with Gasteiger partial charge in [0.1, 0.15) is 5.75 Å². The van der Waals surface area contributed by atoms with Crippen molar-refractivity contribution in [2.24, 2.45) is 0 Å². The van der Waals surface area contributed by atoms with E-state index in [1.54, 1.807) is 17.8 Å². The Morgan fingerprint density at radius 2 is 2.30 bits per heavy atom. The normalized spacial score (nSPS) is 19.2. The minimum absolute atomic E-state index is 0.158. The molecule has 1 fully saturated rings. The van der Waals surface area contributed by atoms with Gasteiger partial charge in [-0.2, -0.15) is 11.8 Å². The number of ether oxygens (including phenoxy) is 1. The van der Waals surface area contributed by atoms with Crippen molar-refractivity contribution in [1.29, 1.82) is 0 Å². The van der Waals surface area contributed by atoms with Crippen molar-refractivity contribution >= 4 is 21.8 Å². The predicted molar refractivity (Wildman–Crippen MR) is 79.6 cm³/mol. The highest BCUT2D eigenvalue weighted by Gasteiger charge is 2.21. The molecule has 1 heterocycles. The molecule has 1 saturated heterocycles. The lowest BCUT2D eigenvalue weighted by atomic mass is 10.2. The number of rotatable bonds is 6. The van der Waals surface area contributed by atoms with Crippen LogP contribution in [0.3, 0.4) is 0 Å². The van der Waals surface area contributed by atoms with Gasteiger partial charge in [0.25, 0.3) is 0 Å². The fraction of sp³-hybridized carbons (Fsp3) is 0.538. The Bertz CT molecular complexity index is 553. The first-order valence-corrected chi connectivity index (χ1v) is 8.99. The first kappa shape index (κ1) is 15.6. The van der Waals surface area contributed by atoms with Gasteiger partial charge < -0.3 is 9.84 Å². The van der Waals surface area contributed by atoms with E-state index in [0.717, 1.165) is 18.6 Å². The summed E-state index contributed by atoms with van der Waals surface area (Å²) >= 11 is 1.81. The molecule has 2 N–H and O–H groups in total. The molecule has 1 aliphatic rings. The van der Waals surface area contributed by atoms with Gasteiger partial charge in [0.15, 0.2) is 0 Å². The first-order valence-electron chi connectivity index (χ1n) is 6.46. The number of aliphatic hydroxyl groups is 1. The molecule has 0 bridgehead atoms. The molecule has 0 amide bonds. The summed E-state index contributed by atoms with van der Waals surface area (Å²) in [6.07, 6.45) is 2.20. The van der Waals surface area contributed by atoms with E-state index in [1.807, 2.05) is 0 Å². The molecule has 0 radical (unpaired) electrons. The summed E-state index contributed by atoms with van der Waals surface area (Å²) in [5.41, 5.74) is 0.464. The van der Waals surface area contributed by atoms with Gasteiger partial charge in [-0.25, -0.2) is 13.1 Å². The van der Waals surface area contributed by atoms with Crippen molar-refractivity contribution in [2.45, 2.75) is 29.6 Å². The fourth-order valence-corrected chi connectivity index (χ4v) is 4.58. The SMILES string of the molecule is COc1ccc(S(=O)(=O)NCC2CCCS2)cc1CO. The van der Waals surface area contributed by atoms with E-state index in [4.69, 9.17) is 4.74 Å². The zero-order chi connectivity index (χ0) is 14.6. The molecule has 0 spiro atoms. The van der Waals surface area contributed by atoms with Crippen molar-refractivity contribution in [3.8, 4) is 5.75 Å². The molecule has 5 nitrogen and oxygen atoms in total. The molecule has 20 heavy (non-hydrogen) atoms. The van der Waals surface area contributed by atoms with Crippen LogP contribution in [0.1, 0.15) is 18.4 Å². The van der Waals surface area contributed by atoms with E-state index in [1.165, 1.54) is 19.2 Å². The zero-order valence-corrected chi connectivity index (χ0v) is 13.0. The molecular weight excluding hydrogens is 298 g/mol. The van der Waals surface area contributed by atoms with Crippen LogP contribution in [0.5, 0.6) is 5.75 Å². The lowest BCUT2D eigenvalue weighted by molar-refractivity contribution is 0.273. The minimum atomic E-state index is -3.54. The Balaban J connectivity index is 2.11. The quantitative estimate of drug-likeness (QED) is 0.828. The minimum Gasteiger partial charge on any atom is -0.496 e. The van der Waals surface area contributed by atoms with Crippen molar-refractivity contribution in [1.82, 2.24) is 4.72 Å².